The van der Waals surface area contributed by atoms with Crippen molar-refractivity contribution >= 4 is 17.5 Å². The van der Waals surface area contributed by atoms with Gasteiger partial charge in [-0.3, -0.25) is 9.59 Å². The van der Waals surface area contributed by atoms with E-state index >= 15 is 0 Å². The number of ether oxygens (including phenoxy) is 1. The van der Waals surface area contributed by atoms with Crippen molar-refractivity contribution in [3.8, 4) is 5.75 Å². The summed E-state index contributed by atoms with van der Waals surface area (Å²) in [5.74, 6) is 0.695. The second-order valence-electron chi connectivity index (χ2n) is 7.21. The van der Waals surface area contributed by atoms with Gasteiger partial charge in [-0.2, -0.15) is 0 Å². The molecule has 4 rings (SSSR count). The monoisotopic (exact) mass is 364 g/mol. The Balaban J connectivity index is 1.37. The van der Waals surface area contributed by atoms with Crippen molar-refractivity contribution in [1.29, 1.82) is 0 Å². The van der Waals surface area contributed by atoms with Gasteiger partial charge in [0.1, 0.15) is 12.4 Å². The van der Waals surface area contributed by atoms with Crippen molar-refractivity contribution < 1.29 is 14.3 Å². The number of hydrogen-bond acceptors (Lipinski definition) is 3. The second kappa shape index (κ2) is 7.82. The number of likely N-dealkylation sites (tertiary alicyclic amines) is 1. The van der Waals surface area contributed by atoms with E-state index in [1.165, 1.54) is 0 Å². The van der Waals surface area contributed by atoms with Gasteiger partial charge in [-0.1, -0.05) is 30.3 Å². The molecule has 2 fully saturated rings. The summed E-state index contributed by atoms with van der Waals surface area (Å²) in [6.07, 6.45) is 2.45. The van der Waals surface area contributed by atoms with E-state index in [1.54, 1.807) is 4.90 Å². The highest BCUT2D eigenvalue weighted by molar-refractivity contribution is 6.00. The minimum Gasteiger partial charge on any atom is -0.489 e. The molecule has 2 aromatic rings. The van der Waals surface area contributed by atoms with Gasteiger partial charge in [0.2, 0.25) is 11.8 Å². The third kappa shape index (κ3) is 3.97. The predicted octanol–water partition coefficient (Wildman–Crippen LogP) is 3.24. The molecule has 2 saturated heterocycles. The van der Waals surface area contributed by atoms with Crippen molar-refractivity contribution in [3.05, 3.63) is 60.2 Å². The van der Waals surface area contributed by atoms with Crippen LogP contribution in [0.15, 0.2) is 54.6 Å². The second-order valence-corrected chi connectivity index (χ2v) is 7.21. The van der Waals surface area contributed by atoms with Gasteiger partial charge in [0.05, 0.1) is 5.92 Å². The van der Waals surface area contributed by atoms with Crippen molar-refractivity contribution in [3.63, 3.8) is 0 Å². The summed E-state index contributed by atoms with van der Waals surface area (Å²) in [6, 6.07) is 17.5. The number of anilines is 1. The largest absolute Gasteiger partial charge is 0.489 e. The van der Waals surface area contributed by atoms with E-state index in [4.69, 9.17) is 4.74 Å². The molecule has 0 spiro atoms. The van der Waals surface area contributed by atoms with Crippen LogP contribution in [0.5, 0.6) is 5.75 Å². The summed E-state index contributed by atoms with van der Waals surface area (Å²) < 4.78 is 5.80. The molecule has 1 atom stereocenters. The first-order chi connectivity index (χ1) is 13.2. The van der Waals surface area contributed by atoms with Crippen LogP contribution in [0, 0.1) is 5.92 Å². The predicted molar refractivity (Wildman–Crippen MR) is 103 cm³/mol. The Morgan fingerprint density at radius 3 is 2.41 bits per heavy atom. The van der Waals surface area contributed by atoms with E-state index in [1.807, 2.05) is 59.5 Å². The van der Waals surface area contributed by atoms with Crippen molar-refractivity contribution in [2.75, 3.05) is 24.5 Å². The molecular weight excluding hydrogens is 340 g/mol. The summed E-state index contributed by atoms with van der Waals surface area (Å²) in [5.41, 5.74) is 1.93. The third-order valence-corrected chi connectivity index (χ3v) is 5.29. The maximum absolute atomic E-state index is 12.6. The van der Waals surface area contributed by atoms with Crippen LogP contribution in [-0.2, 0) is 16.2 Å². The first-order valence-electron chi connectivity index (χ1n) is 9.56. The van der Waals surface area contributed by atoms with Gasteiger partial charge in [-0.25, -0.2) is 0 Å². The highest BCUT2D eigenvalue weighted by atomic mass is 16.5. The topological polar surface area (TPSA) is 49.9 Å². The number of carbonyl (C=O) groups is 2. The Kier molecular flexibility index (Phi) is 5.10. The lowest BCUT2D eigenvalue weighted by atomic mass is 10.1. The molecule has 0 aromatic heterocycles. The van der Waals surface area contributed by atoms with E-state index < -0.39 is 0 Å². The maximum Gasteiger partial charge on any atom is 0.228 e. The maximum atomic E-state index is 12.6. The minimum absolute atomic E-state index is 0.0190. The smallest absolute Gasteiger partial charge is 0.228 e. The summed E-state index contributed by atoms with van der Waals surface area (Å²) in [4.78, 5) is 28.6. The van der Waals surface area contributed by atoms with Gasteiger partial charge < -0.3 is 14.5 Å². The zero-order valence-corrected chi connectivity index (χ0v) is 15.3. The van der Waals surface area contributed by atoms with Crippen LogP contribution in [0.2, 0.25) is 0 Å². The van der Waals surface area contributed by atoms with E-state index in [9.17, 15) is 9.59 Å². The van der Waals surface area contributed by atoms with E-state index in [0.29, 0.717) is 19.6 Å². The molecule has 0 radical (unpaired) electrons. The number of nitrogens with zero attached hydrogens (tertiary/aromatic N) is 2. The lowest BCUT2D eigenvalue weighted by Crippen LogP contribution is -2.35. The molecule has 2 amide bonds. The number of rotatable bonds is 5. The Morgan fingerprint density at radius 1 is 1.00 bits per heavy atom. The number of hydrogen-bond donors (Lipinski definition) is 0. The Labute approximate surface area is 159 Å². The van der Waals surface area contributed by atoms with Crippen molar-refractivity contribution in [2.45, 2.75) is 25.9 Å². The number of benzene rings is 2. The zero-order chi connectivity index (χ0) is 18.6. The molecule has 27 heavy (non-hydrogen) atoms. The summed E-state index contributed by atoms with van der Waals surface area (Å²) in [5, 5.41) is 0. The average Bonchev–Trinajstić information content (AvgIpc) is 3.37. The fourth-order valence-electron chi connectivity index (χ4n) is 3.78. The zero-order valence-electron chi connectivity index (χ0n) is 15.3. The number of carbonyl (C=O) groups excluding carboxylic acids is 2. The first-order valence-corrected chi connectivity index (χ1v) is 9.56. The standard InChI is InChI=1S/C22H24N2O3/c25-21-14-18(22(26)23-12-4-5-13-23)15-24(21)19-8-10-20(11-9-19)27-16-17-6-2-1-3-7-17/h1-3,6-11,18H,4-5,12-16H2. The van der Waals surface area contributed by atoms with Crippen LogP contribution in [-0.4, -0.2) is 36.3 Å². The van der Waals surface area contributed by atoms with Crippen molar-refractivity contribution in [2.24, 2.45) is 5.92 Å². The van der Waals surface area contributed by atoms with Crippen LogP contribution in [0.3, 0.4) is 0 Å². The van der Waals surface area contributed by atoms with Crippen LogP contribution in [0.4, 0.5) is 5.69 Å². The van der Waals surface area contributed by atoms with E-state index in [-0.39, 0.29) is 17.7 Å². The van der Waals surface area contributed by atoms with Crippen LogP contribution < -0.4 is 9.64 Å². The summed E-state index contributed by atoms with van der Waals surface area (Å²) in [6.45, 7) is 2.64. The van der Waals surface area contributed by atoms with E-state index in [2.05, 4.69) is 0 Å². The summed E-state index contributed by atoms with van der Waals surface area (Å²) >= 11 is 0. The molecule has 5 heteroatoms. The molecule has 0 saturated carbocycles. The average molecular weight is 364 g/mol. The lowest BCUT2D eigenvalue weighted by Gasteiger charge is -2.20. The first kappa shape index (κ1) is 17.6. The molecule has 0 bridgehead atoms. The normalized spacial score (nSPS) is 19.6. The quantitative estimate of drug-likeness (QED) is 0.818. The van der Waals surface area contributed by atoms with Crippen molar-refractivity contribution in [1.82, 2.24) is 4.90 Å². The molecule has 2 heterocycles. The third-order valence-electron chi connectivity index (χ3n) is 5.29. The van der Waals surface area contributed by atoms with Crippen LogP contribution in [0.1, 0.15) is 24.8 Å². The van der Waals surface area contributed by atoms with Gasteiger partial charge in [0, 0.05) is 31.7 Å². The van der Waals surface area contributed by atoms with E-state index in [0.717, 1.165) is 42.9 Å². The fraction of sp³-hybridized carbons (Fsp3) is 0.364. The molecule has 0 aliphatic carbocycles. The Morgan fingerprint density at radius 2 is 1.70 bits per heavy atom. The minimum atomic E-state index is -0.218. The molecular formula is C22H24N2O3. The molecule has 2 aliphatic rings. The van der Waals surface area contributed by atoms with Gasteiger partial charge in [-0.15, -0.1) is 0 Å². The van der Waals surface area contributed by atoms with Gasteiger partial charge in [-0.05, 0) is 42.7 Å². The van der Waals surface area contributed by atoms with Gasteiger partial charge >= 0.3 is 0 Å². The molecule has 2 aromatic carbocycles. The molecule has 0 N–H and O–H groups in total. The fourth-order valence-corrected chi connectivity index (χ4v) is 3.78. The Hall–Kier alpha value is -2.82. The molecule has 140 valence electrons. The highest BCUT2D eigenvalue weighted by Gasteiger charge is 2.37. The van der Waals surface area contributed by atoms with Crippen LogP contribution in [0.25, 0.3) is 0 Å². The van der Waals surface area contributed by atoms with Gasteiger partial charge in [0.25, 0.3) is 0 Å². The summed E-state index contributed by atoms with van der Waals surface area (Å²) in [7, 11) is 0. The Bertz CT molecular complexity index is 798. The molecule has 2 aliphatic heterocycles. The molecule has 5 nitrogen and oxygen atoms in total. The van der Waals surface area contributed by atoms with Gasteiger partial charge in [0.15, 0.2) is 0 Å². The molecule has 1 unspecified atom stereocenters. The van der Waals surface area contributed by atoms with Crippen LogP contribution >= 0.6 is 0 Å². The lowest BCUT2D eigenvalue weighted by molar-refractivity contribution is -0.134. The SMILES string of the molecule is O=C(C1CC(=O)N(c2ccc(OCc3ccccc3)cc2)C1)N1CCCC1. The highest BCUT2D eigenvalue weighted by Crippen LogP contribution is 2.28. The number of amides is 2.